The van der Waals surface area contributed by atoms with E-state index < -0.39 is 5.60 Å². The molecular formula is C14H24N2O3S. The van der Waals surface area contributed by atoms with E-state index in [0.717, 1.165) is 31.6 Å². The second kappa shape index (κ2) is 6.35. The molecule has 0 aromatic heterocycles. The predicted octanol–water partition coefficient (Wildman–Crippen LogP) is 1.91. The number of carbonyl (C=O) groups excluding carboxylic acids is 2. The smallest absolute Gasteiger partial charge is 0.407 e. The molecule has 0 aromatic carbocycles. The van der Waals surface area contributed by atoms with E-state index in [1.54, 1.807) is 0 Å². The van der Waals surface area contributed by atoms with Crippen molar-refractivity contribution in [1.82, 2.24) is 10.6 Å². The average Bonchev–Trinajstić information content (AvgIpc) is 2.73. The first-order valence-corrected chi connectivity index (χ1v) is 8.23. The maximum atomic E-state index is 11.8. The van der Waals surface area contributed by atoms with Gasteiger partial charge in [-0.15, -0.1) is 0 Å². The Morgan fingerprint density at radius 3 is 2.75 bits per heavy atom. The third-order valence-electron chi connectivity index (χ3n) is 3.62. The zero-order chi connectivity index (χ0) is 14.8. The third kappa shape index (κ3) is 4.38. The van der Waals surface area contributed by atoms with Gasteiger partial charge in [0.1, 0.15) is 5.60 Å². The number of piperidine rings is 1. The first-order valence-electron chi connectivity index (χ1n) is 7.25. The molecule has 5 nitrogen and oxygen atoms in total. The highest BCUT2D eigenvalue weighted by molar-refractivity contribution is 8.14. The van der Waals surface area contributed by atoms with Crippen LogP contribution in [0.2, 0.25) is 0 Å². The van der Waals surface area contributed by atoms with E-state index in [1.165, 1.54) is 11.8 Å². The summed E-state index contributed by atoms with van der Waals surface area (Å²) in [5.74, 6) is 1.02. The van der Waals surface area contributed by atoms with Gasteiger partial charge in [0.2, 0.25) is 0 Å². The molecule has 0 aromatic rings. The van der Waals surface area contributed by atoms with Crippen LogP contribution in [0.4, 0.5) is 4.79 Å². The van der Waals surface area contributed by atoms with Crippen molar-refractivity contribution >= 4 is 23.0 Å². The van der Waals surface area contributed by atoms with Gasteiger partial charge in [0.05, 0.1) is 0 Å². The maximum Gasteiger partial charge on any atom is 0.407 e. The van der Waals surface area contributed by atoms with Crippen LogP contribution in [-0.4, -0.2) is 41.2 Å². The zero-order valence-corrected chi connectivity index (χ0v) is 13.2. The lowest BCUT2D eigenvalue weighted by atomic mass is 9.89. The molecule has 0 bridgehead atoms. The number of nitrogens with one attached hydrogen (secondary N) is 2. The summed E-state index contributed by atoms with van der Waals surface area (Å²) in [5, 5.41) is 6.63. The van der Waals surface area contributed by atoms with Crippen LogP contribution in [0.15, 0.2) is 0 Å². The van der Waals surface area contributed by atoms with Gasteiger partial charge in [-0.1, -0.05) is 11.8 Å². The Kier molecular flexibility index (Phi) is 4.96. The second-order valence-electron chi connectivity index (χ2n) is 6.49. The van der Waals surface area contributed by atoms with Gasteiger partial charge >= 0.3 is 6.09 Å². The number of amides is 1. The minimum atomic E-state index is -0.478. The van der Waals surface area contributed by atoms with E-state index >= 15 is 0 Å². The Balaban J connectivity index is 1.84. The Labute approximate surface area is 124 Å². The molecule has 0 radical (unpaired) electrons. The monoisotopic (exact) mass is 300 g/mol. The molecule has 2 rings (SSSR count). The molecule has 2 N–H and O–H groups in total. The summed E-state index contributed by atoms with van der Waals surface area (Å²) in [6.07, 6.45) is 2.26. The minimum Gasteiger partial charge on any atom is -0.444 e. The van der Waals surface area contributed by atoms with Gasteiger partial charge < -0.3 is 15.4 Å². The van der Waals surface area contributed by atoms with E-state index in [1.807, 2.05) is 20.8 Å². The van der Waals surface area contributed by atoms with Crippen LogP contribution >= 0.6 is 11.8 Å². The van der Waals surface area contributed by atoms with Crippen LogP contribution in [0.3, 0.4) is 0 Å². The molecule has 2 aliphatic heterocycles. The largest absolute Gasteiger partial charge is 0.444 e. The fourth-order valence-corrected chi connectivity index (χ4v) is 3.81. The Morgan fingerprint density at radius 2 is 2.15 bits per heavy atom. The summed E-state index contributed by atoms with van der Waals surface area (Å²) >= 11 is 1.43. The quantitative estimate of drug-likeness (QED) is 0.815. The summed E-state index contributed by atoms with van der Waals surface area (Å²) in [4.78, 5) is 23.6. The van der Waals surface area contributed by atoms with Crippen molar-refractivity contribution in [3.63, 3.8) is 0 Å². The number of thioether (sulfide) groups is 1. The fourth-order valence-electron chi connectivity index (χ4n) is 2.74. The number of ether oxygens (including phenoxy) is 1. The van der Waals surface area contributed by atoms with Crippen LogP contribution in [0, 0.1) is 5.92 Å². The molecule has 0 aliphatic carbocycles. The first-order chi connectivity index (χ1) is 9.35. The molecule has 6 heteroatoms. The van der Waals surface area contributed by atoms with Gasteiger partial charge in [0.25, 0.3) is 0 Å². The molecule has 114 valence electrons. The molecule has 2 aliphatic rings. The van der Waals surface area contributed by atoms with Crippen molar-refractivity contribution in [3.05, 3.63) is 0 Å². The van der Waals surface area contributed by atoms with Gasteiger partial charge in [-0.2, -0.15) is 0 Å². The molecule has 1 amide bonds. The van der Waals surface area contributed by atoms with E-state index in [9.17, 15) is 9.59 Å². The van der Waals surface area contributed by atoms with Crippen LogP contribution in [-0.2, 0) is 9.53 Å². The van der Waals surface area contributed by atoms with Crippen molar-refractivity contribution in [1.29, 1.82) is 0 Å². The van der Waals surface area contributed by atoms with Gasteiger partial charge in [-0.3, -0.25) is 4.79 Å². The van der Waals surface area contributed by atoms with Crippen molar-refractivity contribution < 1.29 is 14.3 Å². The average molecular weight is 300 g/mol. The van der Waals surface area contributed by atoms with Gasteiger partial charge in [0.15, 0.2) is 5.12 Å². The molecular weight excluding hydrogens is 276 g/mol. The lowest BCUT2D eigenvalue weighted by molar-refractivity contribution is -0.114. The normalized spacial score (nSPS) is 31.1. The molecule has 0 spiro atoms. The Hall–Kier alpha value is -0.750. The van der Waals surface area contributed by atoms with Gasteiger partial charge in [0, 0.05) is 23.8 Å². The first kappa shape index (κ1) is 15.6. The van der Waals surface area contributed by atoms with Gasteiger partial charge in [-0.25, -0.2) is 4.79 Å². The fraction of sp³-hybridized carbons (Fsp3) is 0.857. The molecule has 3 unspecified atom stereocenters. The molecule has 0 saturated carbocycles. The van der Waals surface area contributed by atoms with E-state index in [2.05, 4.69) is 10.6 Å². The summed E-state index contributed by atoms with van der Waals surface area (Å²) in [5.41, 5.74) is -0.478. The van der Waals surface area contributed by atoms with E-state index in [0.29, 0.717) is 5.12 Å². The third-order valence-corrected chi connectivity index (χ3v) is 4.65. The van der Waals surface area contributed by atoms with Crippen LogP contribution < -0.4 is 10.6 Å². The maximum absolute atomic E-state index is 11.8. The molecule has 2 fully saturated rings. The molecule has 2 heterocycles. The summed E-state index contributed by atoms with van der Waals surface area (Å²) in [7, 11) is 0. The highest BCUT2D eigenvalue weighted by atomic mass is 32.2. The highest BCUT2D eigenvalue weighted by Gasteiger charge is 2.36. The van der Waals surface area contributed by atoms with Crippen LogP contribution in [0.25, 0.3) is 0 Å². The Morgan fingerprint density at radius 1 is 1.40 bits per heavy atom. The number of hydrogen-bond acceptors (Lipinski definition) is 5. The van der Waals surface area contributed by atoms with Crippen LogP contribution in [0.1, 0.15) is 40.0 Å². The van der Waals surface area contributed by atoms with Crippen molar-refractivity contribution in [3.8, 4) is 0 Å². The Bertz CT molecular complexity index is 381. The minimum absolute atomic E-state index is 0.0921. The SMILES string of the molecule is CC(C)(C)OC(=O)NC1CCNC(C2CCSC2=O)C1. The van der Waals surface area contributed by atoms with Crippen LogP contribution in [0.5, 0.6) is 0 Å². The number of carbonyl (C=O) groups is 2. The number of rotatable bonds is 2. The standard InChI is InChI=1S/C14H24N2O3S/c1-14(2,3)19-13(18)16-9-4-6-15-11(8-9)10-5-7-20-12(10)17/h9-11,15H,4-8H2,1-3H3,(H,16,18). The van der Waals surface area contributed by atoms with Gasteiger partial charge in [-0.05, 0) is 46.6 Å². The molecule has 20 heavy (non-hydrogen) atoms. The molecule has 2 saturated heterocycles. The summed E-state index contributed by atoms with van der Waals surface area (Å²) < 4.78 is 5.28. The predicted molar refractivity (Wildman–Crippen MR) is 79.8 cm³/mol. The summed E-state index contributed by atoms with van der Waals surface area (Å²) in [6, 6.07) is 0.278. The highest BCUT2D eigenvalue weighted by Crippen LogP contribution is 2.31. The van der Waals surface area contributed by atoms with Crippen molar-refractivity contribution in [2.75, 3.05) is 12.3 Å². The number of hydrogen-bond donors (Lipinski definition) is 2. The second-order valence-corrected chi connectivity index (χ2v) is 7.59. The topological polar surface area (TPSA) is 67.4 Å². The van der Waals surface area contributed by atoms with Crippen molar-refractivity contribution in [2.45, 2.75) is 57.7 Å². The van der Waals surface area contributed by atoms with Crippen molar-refractivity contribution in [2.24, 2.45) is 5.92 Å². The summed E-state index contributed by atoms with van der Waals surface area (Å²) in [6.45, 7) is 6.39. The van der Waals surface area contributed by atoms with E-state index in [4.69, 9.17) is 4.74 Å². The lowest BCUT2D eigenvalue weighted by Gasteiger charge is -2.33. The lowest BCUT2D eigenvalue weighted by Crippen LogP contribution is -2.51. The zero-order valence-electron chi connectivity index (χ0n) is 12.4. The van der Waals surface area contributed by atoms with E-state index in [-0.39, 0.29) is 24.1 Å². The molecule has 3 atom stereocenters. The number of alkyl carbamates (subject to hydrolysis) is 1.